The highest BCUT2D eigenvalue weighted by Crippen LogP contribution is 2.35. The fourth-order valence-electron chi connectivity index (χ4n) is 1.72. The van der Waals surface area contributed by atoms with E-state index < -0.39 is 12.2 Å². The van der Waals surface area contributed by atoms with Crippen molar-refractivity contribution in [2.45, 2.75) is 18.6 Å². The first-order chi connectivity index (χ1) is 6.50. The number of fused-ring (bicyclic) bond motifs is 1. The van der Waals surface area contributed by atoms with Crippen molar-refractivity contribution in [3.05, 3.63) is 17.7 Å². The number of nitrogens with one attached hydrogen (secondary N) is 1. The van der Waals surface area contributed by atoms with Crippen molar-refractivity contribution in [1.82, 2.24) is 14.9 Å². The molecule has 2 heterocycles. The van der Waals surface area contributed by atoms with Crippen LogP contribution in [0.4, 0.5) is 13.2 Å². The lowest BCUT2D eigenvalue weighted by molar-refractivity contribution is -0.159. The van der Waals surface area contributed by atoms with Gasteiger partial charge in [-0.3, -0.25) is 0 Å². The average Bonchev–Trinajstić information content (AvgIpc) is 2.46. The van der Waals surface area contributed by atoms with Gasteiger partial charge in [0, 0.05) is 25.7 Å². The van der Waals surface area contributed by atoms with E-state index in [2.05, 4.69) is 10.3 Å². The zero-order valence-corrected chi connectivity index (χ0v) is 7.60. The maximum absolute atomic E-state index is 12.5. The highest BCUT2D eigenvalue weighted by Gasteiger charge is 2.44. The summed E-state index contributed by atoms with van der Waals surface area (Å²) in [6, 6.07) is -1.60. The third kappa shape index (κ3) is 1.39. The standard InChI is InChI=1S/C8H10F3N3/c1-14-4-13-6-5(14)2-3-12-7(6)8(9,10)11/h4,7,12H,2-3H2,1H3/t7-/m0/s1. The van der Waals surface area contributed by atoms with Crippen LogP contribution < -0.4 is 5.32 Å². The van der Waals surface area contributed by atoms with Crippen molar-refractivity contribution < 1.29 is 13.2 Å². The fourth-order valence-corrected chi connectivity index (χ4v) is 1.72. The molecule has 6 heteroatoms. The lowest BCUT2D eigenvalue weighted by Crippen LogP contribution is -2.39. The van der Waals surface area contributed by atoms with Gasteiger partial charge in [-0.1, -0.05) is 0 Å². The monoisotopic (exact) mass is 205 g/mol. The molecule has 0 saturated heterocycles. The number of aromatic nitrogens is 2. The maximum Gasteiger partial charge on any atom is 0.409 e. The van der Waals surface area contributed by atoms with Crippen LogP contribution in [0.25, 0.3) is 0 Å². The first kappa shape index (κ1) is 9.51. The van der Waals surface area contributed by atoms with E-state index in [0.29, 0.717) is 18.7 Å². The van der Waals surface area contributed by atoms with E-state index >= 15 is 0 Å². The van der Waals surface area contributed by atoms with Crippen LogP contribution in [-0.2, 0) is 13.5 Å². The molecule has 0 spiro atoms. The molecule has 0 bridgehead atoms. The van der Waals surface area contributed by atoms with E-state index in [-0.39, 0.29) is 5.69 Å². The smallest absolute Gasteiger partial charge is 0.337 e. The third-order valence-corrected chi connectivity index (χ3v) is 2.40. The predicted molar refractivity (Wildman–Crippen MR) is 43.7 cm³/mol. The Kier molecular flexibility index (Phi) is 2.02. The Morgan fingerprint density at radius 3 is 2.93 bits per heavy atom. The van der Waals surface area contributed by atoms with Crippen LogP contribution in [0.2, 0.25) is 0 Å². The van der Waals surface area contributed by atoms with Crippen molar-refractivity contribution in [2.75, 3.05) is 6.54 Å². The molecule has 0 unspecified atom stereocenters. The molecule has 1 N–H and O–H groups in total. The number of hydrogen-bond donors (Lipinski definition) is 1. The molecule has 1 aliphatic rings. The second kappa shape index (κ2) is 2.98. The summed E-state index contributed by atoms with van der Waals surface area (Å²) in [4.78, 5) is 3.78. The summed E-state index contributed by atoms with van der Waals surface area (Å²) < 4.78 is 39.2. The normalized spacial score (nSPS) is 22.1. The number of halogens is 3. The van der Waals surface area contributed by atoms with Crippen LogP contribution in [0, 0.1) is 0 Å². The fraction of sp³-hybridized carbons (Fsp3) is 0.625. The van der Waals surface area contributed by atoms with Crippen molar-refractivity contribution in [2.24, 2.45) is 7.05 Å². The zero-order chi connectivity index (χ0) is 10.3. The van der Waals surface area contributed by atoms with Gasteiger partial charge >= 0.3 is 6.18 Å². The molecule has 1 aromatic rings. The van der Waals surface area contributed by atoms with Crippen molar-refractivity contribution in [1.29, 1.82) is 0 Å². The van der Waals surface area contributed by atoms with Crippen LogP contribution in [0.1, 0.15) is 17.4 Å². The Morgan fingerprint density at radius 1 is 1.57 bits per heavy atom. The number of alkyl halides is 3. The Balaban J connectivity index is 2.41. The van der Waals surface area contributed by atoms with Crippen LogP contribution >= 0.6 is 0 Å². The first-order valence-corrected chi connectivity index (χ1v) is 4.30. The van der Waals surface area contributed by atoms with Gasteiger partial charge in [-0.05, 0) is 0 Å². The molecular weight excluding hydrogens is 195 g/mol. The molecule has 0 aliphatic carbocycles. The highest BCUT2D eigenvalue weighted by atomic mass is 19.4. The van der Waals surface area contributed by atoms with E-state index in [4.69, 9.17) is 0 Å². The number of imidazole rings is 1. The number of rotatable bonds is 0. The predicted octanol–water partition coefficient (Wildman–Crippen LogP) is 1.17. The summed E-state index contributed by atoms with van der Waals surface area (Å²) in [6.07, 6.45) is -2.24. The number of hydrogen-bond acceptors (Lipinski definition) is 2. The minimum absolute atomic E-state index is 0.117. The van der Waals surface area contributed by atoms with Crippen LogP contribution in [0.15, 0.2) is 6.33 Å². The summed E-state index contributed by atoms with van der Waals surface area (Å²) in [7, 11) is 1.71. The van der Waals surface area contributed by atoms with Gasteiger partial charge in [0.25, 0.3) is 0 Å². The Bertz CT molecular complexity index is 342. The van der Waals surface area contributed by atoms with Gasteiger partial charge in [0.05, 0.1) is 12.0 Å². The number of nitrogens with zero attached hydrogens (tertiary/aromatic N) is 2. The molecule has 0 fully saturated rings. The average molecular weight is 205 g/mol. The van der Waals surface area contributed by atoms with E-state index in [0.717, 1.165) is 0 Å². The van der Waals surface area contributed by atoms with Gasteiger partial charge in [0.2, 0.25) is 0 Å². The Hall–Kier alpha value is -1.04. The van der Waals surface area contributed by atoms with E-state index in [9.17, 15) is 13.2 Å². The molecule has 1 aliphatic heterocycles. The molecular formula is C8H10F3N3. The van der Waals surface area contributed by atoms with Crippen LogP contribution in [-0.4, -0.2) is 22.3 Å². The molecule has 78 valence electrons. The Labute approximate surface area is 78.9 Å². The summed E-state index contributed by atoms with van der Waals surface area (Å²) in [5, 5.41) is 2.43. The Morgan fingerprint density at radius 2 is 2.29 bits per heavy atom. The second-order valence-corrected chi connectivity index (χ2v) is 3.37. The molecule has 2 rings (SSSR count). The number of aryl methyl sites for hydroxylation is 1. The van der Waals surface area contributed by atoms with E-state index in [1.807, 2.05) is 0 Å². The van der Waals surface area contributed by atoms with Gasteiger partial charge < -0.3 is 9.88 Å². The molecule has 0 saturated carbocycles. The first-order valence-electron chi connectivity index (χ1n) is 4.30. The van der Waals surface area contributed by atoms with E-state index in [1.54, 1.807) is 11.6 Å². The summed E-state index contributed by atoms with van der Waals surface area (Å²) in [5.41, 5.74) is 0.789. The van der Waals surface area contributed by atoms with Gasteiger partial charge in [-0.2, -0.15) is 13.2 Å². The molecule has 0 amide bonds. The van der Waals surface area contributed by atoms with Gasteiger partial charge in [0.1, 0.15) is 6.04 Å². The summed E-state index contributed by atoms with van der Waals surface area (Å²) in [5.74, 6) is 0. The highest BCUT2D eigenvalue weighted by molar-refractivity contribution is 5.22. The molecule has 3 nitrogen and oxygen atoms in total. The molecule has 1 aromatic heterocycles. The van der Waals surface area contributed by atoms with Gasteiger partial charge in [0.15, 0.2) is 0 Å². The molecule has 0 aromatic carbocycles. The minimum atomic E-state index is -4.26. The lowest BCUT2D eigenvalue weighted by Gasteiger charge is -2.25. The lowest BCUT2D eigenvalue weighted by atomic mass is 10.1. The molecule has 1 atom stereocenters. The second-order valence-electron chi connectivity index (χ2n) is 3.37. The summed E-state index contributed by atoms with van der Waals surface area (Å²) in [6.45, 7) is 0.344. The third-order valence-electron chi connectivity index (χ3n) is 2.40. The van der Waals surface area contributed by atoms with Crippen LogP contribution in [0.5, 0.6) is 0 Å². The minimum Gasteiger partial charge on any atom is -0.337 e. The SMILES string of the molecule is Cn1cnc2c1CCN[C@@H]2C(F)(F)F. The van der Waals surface area contributed by atoms with Gasteiger partial charge in [-0.15, -0.1) is 0 Å². The largest absolute Gasteiger partial charge is 0.409 e. The summed E-state index contributed by atoms with van der Waals surface area (Å²) >= 11 is 0. The van der Waals surface area contributed by atoms with Gasteiger partial charge in [-0.25, -0.2) is 4.98 Å². The molecule has 0 radical (unpaired) electrons. The quantitative estimate of drug-likeness (QED) is 0.689. The zero-order valence-electron chi connectivity index (χ0n) is 7.60. The topological polar surface area (TPSA) is 29.9 Å². The van der Waals surface area contributed by atoms with Crippen molar-refractivity contribution in [3.8, 4) is 0 Å². The molecule has 14 heavy (non-hydrogen) atoms. The van der Waals surface area contributed by atoms with Crippen molar-refractivity contribution in [3.63, 3.8) is 0 Å². The van der Waals surface area contributed by atoms with Crippen molar-refractivity contribution >= 4 is 0 Å². The van der Waals surface area contributed by atoms with E-state index in [1.165, 1.54) is 6.33 Å². The van der Waals surface area contributed by atoms with Crippen LogP contribution in [0.3, 0.4) is 0 Å². The maximum atomic E-state index is 12.5.